The lowest BCUT2D eigenvalue weighted by Gasteiger charge is -2.01. The molecule has 0 saturated heterocycles. The summed E-state index contributed by atoms with van der Waals surface area (Å²) in [6.07, 6.45) is 3.14. The summed E-state index contributed by atoms with van der Waals surface area (Å²) in [6.45, 7) is 6.26. The molecular weight excluding hydrogens is 308 g/mol. The zero-order valence-corrected chi connectivity index (χ0v) is 13.1. The molecule has 0 radical (unpaired) electrons. The third-order valence-electron chi connectivity index (χ3n) is 2.68. The van der Waals surface area contributed by atoms with Crippen LogP contribution in [0.5, 0.6) is 0 Å². The van der Waals surface area contributed by atoms with E-state index in [1.165, 1.54) is 16.0 Å². The summed E-state index contributed by atoms with van der Waals surface area (Å²) in [5.41, 5.74) is 2.44. The Bertz CT molecular complexity index is 522. The maximum atomic E-state index is 4.50. The highest BCUT2D eigenvalue weighted by Crippen LogP contribution is 2.28. The van der Waals surface area contributed by atoms with Crippen molar-refractivity contribution in [3.63, 3.8) is 0 Å². The normalized spacial score (nSPS) is 10.8. The van der Waals surface area contributed by atoms with E-state index in [-0.39, 0.29) is 0 Å². The van der Waals surface area contributed by atoms with Gasteiger partial charge in [-0.2, -0.15) is 0 Å². The van der Waals surface area contributed by atoms with Gasteiger partial charge in [-0.3, -0.25) is 0 Å². The number of hydrogen-bond donors (Lipinski definition) is 1. The van der Waals surface area contributed by atoms with Crippen LogP contribution >= 0.6 is 27.3 Å². The first-order valence-electron chi connectivity index (χ1n) is 6.12. The SMILES string of the molecule is CCCNCc1cnc(-c2ccc(Br)c(C)c2)s1. The van der Waals surface area contributed by atoms with Crippen LogP contribution in [-0.4, -0.2) is 11.5 Å². The summed E-state index contributed by atoms with van der Waals surface area (Å²) in [4.78, 5) is 5.79. The van der Waals surface area contributed by atoms with Gasteiger partial charge in [0.2, 0.25) is 0 Å². The number of aromatic nitrogens is 1. The van der Waals surface area contributed by atoms with Crippen LogP contribution in [0, 0.1) is 6.92 Å². The fraction of sp³-hybridized carbons (Fsp3) is 0.357. The van der Waals surface area contributed by atoms with Gasteiger partial charge in [0.1, 0.15) is 5.01 Å². The zero-order valence-electron chi connectivity index (χ0n) is 10.7. The Morgan fingerprint density at radius 2 is 2.22 bits per heavy atom. The van der Waals surface area contributed by atoms with Crippen molar-refractivity contribution < 1.29 is 0 Å². The van der Waals surface area contributed by atoms with Gasteiger partial charge in [0.05, 0.1) is 0 Å². The Kier molecular flexibility index (Phi) is 4.92. The molecule has 0 aliphatic heterocycles. The summed E-state index contributed by atoms with van der Waals surface area (Å²) < 4.78 is 1.15. The summed E-state index contributed by atoms with van der Waals surface area (Å²) in [5, 5.41) is 4.50. The highest BCUT2D eigenvalue weighted by atomic mass is 79.9. The maximum Gasteiger partial charge on any atom is 0.123 e. The molecule has 2 nitrogen and oxygen atoms in total. The van der Waals surface area contributed by atoms with E-state index in [1.54, 1.807) is 11.3 Å². The number of halogens is 1. The van der Waals surface area contributed by atoms with Crippen LogP contribution in [-0.2, 0) is 6.54 Å². The van der Waals surface area contributed by atoms with Gasteiger partial charge in [-0.05, 0) is 37.6 Å². The Morgan fingerprint density at radius 1 is 1.39 bits per heavy atom. The van der Waals surface area contributed by atoms with E-state index >= 15 is 0 Å². The van der Waals surface area contributed by atoms with Crippen LogP contribution in [0.25, 0.3) is 10.6 Å². The highest BCUT2D eigenvalue weighted by Gasteiger charge is 2.05. The van der Waals surface area contributed by atoms with Crippen LogP contribution in [0.1, 0.15) is 23.8 Å². The van der Waals surface area contributed by atoms with E-state index < -0.39 is 0 Å². The summed E-state index contributed by atoms with van der Waals surface area (Å²) in [6, 6.07) is 6.37. The Balaban J connectivity index is 2.11. The maximum absolute atomic E-state index is 4.50. The third kappa shape index (κ3) is 3.40. The van der Waals surface area contributed by atoms with Gasteiger partial charge in [0.15, 0.2) is 0 Å². The van der Waals surface area contributed by atoms with Crippen molar-refractivity contribution in [3.05, 3.63) is 39.3 Å². The predicted molar refractivity (Wildman–Crippen MR) is 82.0 cm³/mol. The minimum atomic E-state index is 0.918. The number of hydrogen-bond acceptors (Lipinski definition) is 3. The van der Waals surface area contributed by atoms with Crippen LogP contribution in [0.2, 0.25) is 0 Å². The molecule has 1 N–H and O–H groups in total. The molecule has 0 amide bonds. The molecule has 1 heterocycles. The van der Waals surface area contributed by atoms with Crippen molar-refractivity contribution in [2.45, 2.75) is 26.8 Å². The van der Waals surface area contributed by atoms with Crippen LogP contribution < -0.4 is 5.32 Å². The van der Waals surface area contributed by atoms with E-state index in [0.29, 0.717) is 0 Å². The van der Waals surface area contributed by atoms with E-state index in [0.717, 1.165) is 29.0 Å². The van der Waals surface area contributed by atoms with Gasteiger partial charge in [-0.15, -0.1) is 11.3 Å². The van der Waals surface area contributed by atoms with Gasteiger partial charge < -0.3 is 5.32 Å². The van der Waals surface area contributed by atoms with Crippen LogP contribution in [0.3, 0.4) is 0 Å². The molecule has 96 valence electrons. The number of rotatable bonds is 5. The Morgan fingerprint density at radius 3 is 2.94 bits per heavy atom. The van der Waals surface area contributed by atoms with Gasteiger partial charge in [0.25, 0.3) is 0 Å². The van der Waals surface area contributed by atoms with Crippen LogP contribution in [0.4, 0.5) is 0 Å². The molecule has 2 aromatic rings. The predicted octanol–water partition coefficient (Wildman–Crippen LogP) is 4.38. The van der Waals surface area contributed by atoms with Gasteiger partial charge in [-0.1, -0.05) is 28.9 Å². The van der Waals surface area contributed by atoms with E-state index in [1.807, 2.05) is 6.20 Å². The molecular formula is C14H17BrN2S. The Labute approximate surface area is 121 Å². The first-order chi connectivity index (χ1) is 8.70. The largest absolute Gasteiger partial charge is 0.312 e. The molecule has 2 rings (SSSR count). The third-order valence-corrected chi connectivity index (χ3v) is 4.62. The topological polar surface area (TPSA) is 24.9 Å². The zero-order chi connectivity index (χ0) is 13.0. The van der Waals surface area contributed by atoms with E-state index in [4.69, 9.17) is 0 Å². The summed E-state index contributed by atoms with van der Waals surface area (Å²) >= 11 is 5.28. The molecule has 0 aliphatic carbocycles. The number of nitrogens with zero attached hydrogens (tertiary/aromatic N) is 1. The lowest BCUT2D eigenvalue weighted by Crippen LogP contribution is -2.12. The molecule has 0 fully saturated rings. The monoisotopic (exact) mass is 324 g/mol. The lowest BCUT2D eigenvalue weighted by molar-refractivity contribution is 0.681. The average Bonchev–Trinajstić information content (AvgIpc) is 2.82. The number of nitrogens with one attached hydrogen (secondary N) is 1. The van der Waals surface area contributed by atoms with Gasteiger partial charge in [-0.25, -0.2) is 4.98 Å². The second kappa shape index (κ2) is 6.45. The second-order valence-corrected chi connectivity index (χ2v) is 6.24. The second-order valence-electron chi connectivity index (χ2n) is 4.27. The van der Waals surface area contributed by atoms with E-state index in [9.17, 15) is 0 Å². The molecule has 1 aromatic carbocycles. The average molecular weight is 325 g/mol. The summed E-state index contributed by atoms with van der Waals surface area (Å²) in [7, 11) is 0. The minimum Gasteiger partial charge on any atom is -0.312 e. The molecule has 0 unspecified atom stereocenters. The molecule has 4 heteroatoms. The smallest absolute Gasteiger partial charge is 0.123 e. The van der Waals surface area contributed by atoms with Gasteiger partial charge in [0, 0.05) is 27.7 Å². The first-order valence-corrected chi connectivity index (χ1v) is 7.73. The highest BCUT2D eigenvalue weighted by molar-refractivity contribution is 9.10. The molecule has 0 bridgehead atoms. The molecule has 0 atom stereocenters. The van der Waals surface area contributed by atoms with Crippen molar-refractivity contribution in [1.29, 1.82) is 0 Å². The standard InChI is InChI=1S/C14H17BrN2S/c1-3-6-16-8-12-9-17-14(18-12)11-4-5-13(15)10(2)7-11/h4-5,7,9,16H,3,6,8H2,1-2H3. The number of aryl methyl sites for hydroxylation is 1. The summed E-state index contributed by atoms with van der Waals surface area (Å²) in [5.74, 6) is 0. The fourth-order valence-corrected chi connectivity index (χ4v) is 2.81. The van der Waals surface area contributed by atoms with Crippen molar-refractivity contribution in [2.75, 3.05) is 6.54 Å². The fourth-order valence-electron chi connectivity index (χ4n) is 1.69. The van der Waals surface area contributed by atoms with Crippen molar-refractivity contribution >= 4 is 27.3 Å². The molecule has 0 spiro atoms. The number of benzene rings is 1. The number of thiazole rings is 1. The molecule has 18 heavy (non-hydrogen) atoms. The van der Waals surface area contributed by atoms with Crippen molar-refractivity contribution in [3.8, 4) is 10.6 Å². The van der Waals surface area contributed by atoms with E-state index in [2.05, 4.69) is 58.3 Å². The molecule has 0 saturated carbocycles. The Hall–Kier alpha value is -0.710. The van der Waals surface area contributed by atoms with Crippen molar-refractivity contribution in [1.82, 2.24) is 10.3 Å². The lowest BCUT2D eigenvalue weighted by atomic mass is 10.1. The minimum absolute atomic E-state index is 0.918. The quantitative estimate of drug-likeness (QED) is 0.825. The van der Waals surface area contributed by atoms with Crippen LogP contribution in [0.15, 0.2) is 28.9 Å². The molecule has 1 aromatic heterocycles. The van der Waals surface area contributed by atoms with Crippen molar-refractivity contribution in [2.24, 2.45) is 0 Å². The first kappa shape index (κ1) is 13.7. The van der Waals surface area contributed by atoms with Gasteiger partial charge >= 0.3 is 0 Å². The molecule has 0 aliphatic rings.